The highest BCUT2D eigenvalue weighted by Gasteiger charge is 2.36. The third kappa shape index (κ3) is 7.87. The molecule has 1 aliphatic heterocycles. The van der Waals surface area contributed by atoms with Crippen molar-refractivity contribution >= 4 is 41.4 Å². The number of fused-ring (bicyclic) bond motifs is 1. The van der Waals surface area contributed by atoms with E-state index in [2.05, 4.69) is 27.0 Å². The molecule has 2 aromatic carbocycles. The van der Waals surface area contributed by atoms with Gasteiger partial charge in [0, 0.05) is 11.8 Å². The number of benzene rings is 2. The topological polar surface area (TPSA) is 143 Å². The van der Waals surface area contributed by atoms with Crippen molar-refractivity contribution in [2.45, 2.75) is 44.7 Å². The van der Waals surface area contributed by atoms with Crippen molar-refractivity contribution in [3.8, 4) is 5.75 Å². The SMILES string of the molecule is CCCCSC(=O)[C@H](Cc1ccccc1)NP(=O)(CO[C@@H]1C=C(F)[C@H](n2cnc3c(N)ncnc32)O1)Oc1ccccc1. The molecule has 5 rings (SSSR count). The number of nitrogen functional groups attached to an aromatic ring is 1. The van der Waals surface area contributed by atoms with Gasteiger partial charge in [-0.25, -0.2) is 24.4 Å². The summed E-state index contributed by atoms with van der Waals surface area (Å²) in [6.07, 6.45) is 2.88. The molecule has 0 bridgehead atoms. The van der Waals surface area contributed by atoms with Crippen molar-refractivity contribution in [1.29, 1.82) is 0 Å². The Hall–Kier alpha value is -3.61. The Morgan fingerprint density at radius 2 is 1.91 bits per heavy atom. The first-order valence-corrected chi connectivity index (χ1v) is 16.5. The first kappa shape index (κ1) is 30.8. The molecule has 3 N–H and O–H groups in total. The quantitative estimate of drug-likeness (QED) is 0.133. The van der Waals surface area contributed by atoms with E-state index in [4.69, 9.17) is 19.7 Å². The number of nitrogens with zero attached hydrogens (tertiary/aromatic N) is 4. The minimum absolute atomic E-state index is 0.150. The normalized spacial score (nSPS) is 18.7. The van der Waals surface area contributed by atoms with Crippen LogP contribution in [-0.4, -0.2) is 49.1 Å². The molecule has 226 valence electrons. The molecule has 0 saturated carbocycles. The molecule has 3 heterocycles. The van der Waals surface area contributed by atoms with Gasteiger partial charge in [0.1, 0.15) is 17.6 Å². The second-order valence-corrected chi connectivity index (χ2v) is 12.9. The number of unbranched alkanes of at least 4 members (excludes halogenated alkanes) is 1. The van der Waals surface area contributed by atoms with E-state index in [1.165, 1.54) is 29.0 Å². The number of carbonyl (C=O) groups excluding carboxylic acids is 1. The van der Waals surface area contributed by atoms with E-state index in [0.29, 0.717) is 17.0 Å². The maximum atomic E-state index is 15.1. The predicted octanol–water partition coefficient (Wildman–Crippen LogP) is 5.62. The molecule has 11 nitrogen and oxygen atoms in total. The average molecular weight is 627 g/mol. The van der Waals surface area contributed by atoms with E-state index in [-0.39, 0.29) is 23.0 Å². The number of carbonyl (C=O) groups is 1. The summed E-state index contributed by atoms with van der Waals surface area (Å²) < 4.78 is 48.3. The highest BCUT2D eigenvalue weighted by molar-refractivity contribution is 8.13. The smallest absolute Gasteiger partial charge is 0.342 e. The molecule has 0 aliphatic carbocycles. The molecular weight excluding hydrogens is 594 g/mol. The van der Waals surface area contributed by atoms with Crippen molar-refractivity contribution in [3.63, 3.8) is 0 Å². The Balaban J connectivity index is 1.34. The summed E-state index contributed by atoms with van der Waals surface area (Å²) in [4.78, 5) is 25.5. The van der Waals surface area contributed by atoms with Crippen LogP contribution < -0.4 is 15.3 Å². The van der Waals surface area contributed by atoms with Gasteiger partial charge in [-0.15, -0.1) is 0 Å². The Morgan fingerprint density at radius 3 is 2.65 bits per heavy atom. The van der Waals surface area contributed by atoms with Gasteiger partial charge in [-0.3, -0.25) is 13.9 Å². The van der Waals surface area contributed by atoms with E-state index in [1.54, 1.807) is 30.3 Å². The van der Waals surface area contributed by atoms with E-state index >= 15 is 4.39 Å². The maximum absolute atomic E-state index is 15.1. The van der Waals surface area contributed by atoms with E-state index < -0.39 is 38.3 Å². The molecule has 0 spiro atoms. The number of ether oxygens (including phenoxy) is 2. The molecule has 0 fully saturated rings. The fourth-order valence-electron chi connectivity index (χ4n) is 4.37. The van der Waals surface area contributed by atoms with Gasteiger partial charge >= 0.3 is 7.52 Å². The molecule has 4 aromatic rings. The van der Waals surface area contributed by atoms with Crippen molar-refractivity contribution in [2.75, 3.05) is 17.8 Å². The molecule has 0 amide bonds. The Morgan fingerprint density at radius 1 is 1.16 bits per heavy atom. The fraction of sp³-hybridized carbons (Fsp3) is 0.310. The Bertz CT molecular complexity index is 1610. The fourth-order valence-corrected chi connectivity index (χ4v) is 7.10. The molecule has 1 aliphatic rings. The number of hydrogen-bond donors (Lipinski definition) is 2. The highest BCUT2D eigenvalue weighted by Crippen LogP contribution is 2.45. The lowest BCUT2D eigenvalue weighted by molar-refractivity contribution is -0.129. The van der Waals surface area contributed by atoms with Crippen LogP contribution in [0, 0.1) is 0 Å². The van der Waals surface area contributed by atoms with Crippen LogP contribution >= 0.6 is 19.3 Å². The monoisotopic (exact) mass is 626 g/mol. The van der Waals surface area contributed by atoms with Crippen LogP contribution in [0.4, 0.5) is 10.2 Å². The number of nitrogens with two attached hydrogens (primary N) is 1. The van der Waals surface area contributed by atoms with Gasteiger partial charge < -0.3 is 19.7 Å². The van der Waals surface area contributed by atoms with Crippen molar-refractivity contribution < 1.29 is 27.7 Å². The van der Waals surface area contributed by atoms with Crippen molar-refractivity contribution in [2.24, 2.45) is 0 Å². The summed E-state index contributed by atoms with van der Waals surface area (Å²) in [5, 5.41) is 2.82. The zero-order valence-corrected chi connectivity index (χ0v) is 25.1. The van der Waals surface area contributed by atoms with Crippen LogP contribution in [0.1, 0.15) is 31.6 Å². The van der Waals surface area contributed by atoms with E-state index in [9.17, 15) is 9.36 Å². The number of rotatable bonds is 14. The van der Waals surface area contributed by atoms with Gasteiger partial charge in [-0.2, -0.15) is 0 Å². The molecule has 14 heteroatoms. The summed E-state index contributed by atoms with van der Waals surface area (Å²) in [6, 6.07) is 17.2. The molecular formula is C29H32FN6O5PS. The summed E-state index contributed by atoms with van der Waals surface area (Å²) in [5.41, 5.74) is 7.33. The lowest BCUT2D eigenvalue weighted by Crippen LogP contribution is -2.37. The van der Waals surface area contributed by atoms with Crippen LogP contribution in [-0.2, 0) is 25.3 Å². The van der Waals surface area contributed by atoms with E-state index in [1.807, 2.05) is 30.3 Å². The summed E-state index contributed by atoms with van der Waals surface area (Å²) in [6.45, 7) is 2.05. The van der Waals surface area contributed by atoms with E-state index in [0.717, 1.165) is 24.5 Å². The minimum atomic E-state index is -3.92. The zero-order chi connectivity index (χ0) is 30.2. The number of aromatic nitrogens is 4. The van der Waals surface area contributed by atoms with Crippen LogP contribution in [0.5, 0.6) is 5.75 Å². The van der Waals surface area contributed by atoms with Crippen LogP contribution in [0.3, 0.4) is 0 Å². The Kier molecular flexibility index (Phi) is 10.2. The van der Waals surface area contributed by atoms with Crippen LogP contribution in [0.25, 0.3) is 11.2 Å². The standard InChI is InChI=1S/C29H32FN6O5PS/c1-2-3-14-43-29(37)23(15-20-10-6-4-7-11-20)35-42(38,41-21-12-8-5-9-13-21)19-39-24-16-22(30)28(40-24)36-18-34-25-26(31)32-17-33-27(25)36/h4-13,16-18,23-24,28H,2-3,14-15,19H2,1H3,(H,35,38)(H2,31,32,33)/t23-,24-,28+,42?/m0/s1. The number of thioether (sulfide) groups is 1. The number of imidazole rings is 1. The lowest BCUT2D eigenvalue weighted by atomic mass is 10.1. The lowest BCUT2D eigenvalue weighted by Gasteiger charge is -2.26. The average Bonchev–Trinajstić information content (AvgIpc) is 3.60. The van der Waals surface area contributed by atoms with Gasteiger partial charge in [0.25, 0.3) is 0 Å². The summed E-state index contributed by atoms with van der Waals surface area (Å²) >= 11 is 1.19. The van der Waals surface area contributed by atoms with Crippen molar-refractivity contribution in [3.05, 3.63) is 90.8 Å². The minimum Gasteiger partial charge on any atom is -0.431 e. The predicted molar refractivity (Wildman–Crippen MR) is 163 cm³/mol. The highest BCUT2D eigenvalue weighted by atomic mass is 32.2. The van der Waals surface area contributed by atoms with Crippen molar-refractivity contribution in [1.82, 2.24) is 24.6 Å². The molecule has 43 heavy (non-hydrogen) atoms. The number of hydrogen-bond acceptors (Lipinski definition) is 10. The number of halogens is 1. The molecule has 4 atom stereocenters. The van der Waals surface area contributed by atoms with Crippen LogP contribution in [0.2, 0.25) is 0 Å². The maximum Gasteiger partial charge on any atom is 0.342 e. The number of para-hydroxylation sites is 1. The van der Waals surface area contributed by atoms with Gasteiger partial charge in [0.15, 0.2) is 36.2 Å². The third-order valence-corrected chi connectivity index (χ3v) is 9.26. The first-order chi connectivity index (χ1) is 20.8. The third-order valence-electron chi connectivity index (χ3n) is 6.50. The van der Waals surface area contributed by atoms with Gasteiger partial charge in [-0.05, 0) is 30.5 Å². The molecule has 0 radical (unpaired) electrons. The zero-order valence-electron chi connectivity index (χ0n) is 23.4. The van der Waals surface area contributed by atoms with Crippen LogP contribution in [0.15, 0.2) is 85.2 Å². The largest absolute Gasteiger partial charge is 0.431 e. The van der Waals surface area contributed by atoms with Gasteiger partial charge in [-0.1, -0.05) is 73.6 Å². The summed E-state index contributed by atoms with van der Waals surface area (Å²) in [7, 11) is -3.92. The second kappa shape index (κ2) is 14.2. The van der Waals surface area contributed by atoms with Gasteiger partial charge in [0.2, 0.25) is 5.12 Å². The molecule has 0 saturated heterocycles. The Labute approximate surface area is 252 Å². The molecule has 1 unspecified atom stereocenters. The summed E-state index contributed by atoms with van der Waals surface area (Å²) in [5.74, 6) is 0.457. The first-order valence-electron chi connectivity index (χ1n) is 13.7. The second-order valence-electron chi connectivity index (χ2n) is 9.76. The molecule has 2 aromatic heterocycles. The number of nitrogens with one attached hydrogen (secondary N) is 1. The number of anilines is 1. The van der Waals surface area contributed by atoms with Gasteiger partial charge in [0.05, 0.1) is 12.4 Å².